The first-order valence-electron chi connectivity index (χ1n) is 12.5. The number of piperidine rings is 1. The van der Waals surface area contributed by atoms with Crippen LogP contribution in [0.4, 0.5) is 0 Å². The fourth-order valence-electron chi connectivity index (χ4n) is 5.27. The molecule has 0 aliphatic carbocycles. The molecule has 2 aromatic carbocycles. The smallest absolute Gasteiger partial charge is 0.260 e. The quantitative estimate of drug-likeness (QED) is 0.668. The van der Waals surface area contributed by atoms with Gasteiger partial charge in [0.2, 0.25) is 0 Å². The molecule has 0 bridgehead atoms. The number of hydrogen-bond acceptors (Lipinski definition) is 5. The van der Waals surface area contributed by atoms with E-state index in [1.165, 1.54) is 24.8 Å². The van der Waals surface area contributed by atoms with Gasteiger partial charge in [-0.25, -0.2) is 0 Å². The summed E-state index contributed by atoms with van der Waals surface area (Å²) in [6.07, 6.45) is 6.73. The largest absolute Gasteiger partial charge is 0.497 e. The van der Waals surface area contributed by atoms with Crippen LogP contribution in [0.1, 0.15) is 37.7 Å². The number of nitrogens with zero attached hydrogens (tertiary/aromatic N) is 2. The molecule has 0 atom stereocenters. The lowest BCUT2D eigenvalue weighted by molar-refractivity contribution is -0.136. The standard InChI is InChI=1S/C28H38N2O4/c1-29-18-19-33-26-12-4-3-8-23(26)9-5-6-13-28(22-29)14-16-30(17-15-28)27(31)21-34-25-11-7-10-24(20-25)32-2/h3-4,7-8,10-12,20H,5-6,9,13-19,21-22H2,1-2H3. The van der Waals surface area contributed by atoms with Crippen LogP contribution in [0, 0.1) is 5.41 Å². The van der Waals surface area contributed by atoms with Gasteiger partial charge in [0.15, 0.2) is 6.61 Å². The van der Waals surface area contributed by atoms with Crippen molar-refractivity contribution in [3.05, 3.63) is 54.1 Å². The van der Waals surface area contributed by atoms with Crippen LogP contribution in [0.2, 0.25) is 0 Å². The summed E-state index contributed by atoms with van der Waals surface area (Å²) in [5, 5.41) is 0. The van der Waals surface area contributed by atoms with Crippen molar-refractivity contribution in [3.63, 3.8) is 0 Å². The van der Waals surface area contributed by atoms with Gasteiger partial charge in [0.05, 0.1) is 7.11 Å². The molecule has 1 fully saturated rings. The lowest BCUT2D eigenvalue weighted by atomic mass is 9.73. The predicted octanol–water partition coefficient (Wildman–Crippen LogP) is 4.42. The zero-order valence-electron chi connectivity index (χ0n) is 20.6. The van der Waals surface area contributed by atoms with Crippen LogP contribution in [-0.4, -0.2) is 69.3 Å². The Bertz CT molecular complexity index is 940. The number of ether oxygens (including phenoxy) is 3. The minimum Gasteiger partial charge on any atom is -0.497 e. The summed E-state index contributed by atoms with van der Waals surface area (Å²) in [7, 11) is 3.82. The summed E-state index contributed by atoms with van der Waals surface area (Å²) in [6, 6.07) is 15.8. The first-order valence-corrected chi connectivity index (χ1v) is 12.5. The number of aryl methyl sites for hydroxylation is 1. The van der Waals surface area contributed by atoms with Gasteiger partial charge in [-0.2, -0.15) is 0 Å². The SMILES string of the molecule is COc1cccc(OCC(=O)N2CCC3(CCCCc4ccccc4OCCN(C)C3)CC2)c1. The molecule has 2 aromatic rings. The Morgan fingerprint density at radius 3 is 2.62 bits per heavy atom. The van der Waals surface area contributed by atoms with E-state index in [4.69, 9.17) is 14.2 Å². The number of para-hydroxylation sites is 1. The number of carbonyl (C=O) groups excluding carboxylic acids is 1. The molecule has 6 heteroatoms. The monoisotopic (exact) mass is 466 g/mol. The van der Waals surface area contributed by atoms with Gasteiger partial charge in [-0.05, 0) is 68.3 Å². The lowest BCUT2D eigenvalue weighted by Crippen LogP contribution is -2.48. The van der Waals surface area contributed by atoms with Gasteiger partial charge < -0.3 is 24.0 Å². The maximum Gasteiger partial charge on any atom is 0.260 e. The number of likely N-dealkylation sites (N-methyl/N-ethyl adjacent to an activating group) is 1. The normalized spacial score (nSPS) is 19.3. The molecule has 1 amide bonds. The van der Waals surface area contributed by atoms with E-state index in [9.17, 15) is 4.79 Å². The highest BCUT2D eigenvalue weighted by atomic mass is 16.5. The van der Waals surface area contributed by atoms with Crippen molar-refractivity contribution in [2.75, 3.05) is 53.6 Å². The van der Waals surface area contributed by atoms with Crippen molar-refractivity contribution in [1.29, 1.82) is 0 Å². The molecule has 4 rings (SSSR count). The van der Waals surface area contributed by atoms with E-state index in [-0.39, 0.29) is 17.9 Å². The number of benzene rings is 2. The highest BCUT2D eigenvalue weighted by Gasteiger charge is 2.36. The molecule has 0 aromatic heterocycles. The highest BCUT2D eigenvalue weighted by molar-refractivity contribution is 5.77. The Labute approximate surface area is 203 Å². The molecule has 1 spiro atoms. The third kappa shape index (κ3) is 6.44. The zero-order chi connectivity index (χ0) is 23.8. The Morgan fingerprint density at radius 2 is 1.79 bits per heavy atom. The third-order valence-corrected chi connectivity index (χ3v) is 7.29. The van der Waals surface area contributed by atoms with Crippen LogP contribution in [0.5, 0.6) is 17.2 Å². The Hall–Kier alpha value is -2.73. The predicted molar refractivity (Wildman–Crippen MR) is 134 cm³/mol. The van der Waals surface area contributed by atoms with E-state index in [2.05, 4.69) is 36.2 Å². The fraction of sp³-hybridized carbons (Fsp3) is 0.536. The molecule has 0 radical (unpaired) electrons. The lowest BCUT2D eigenvalue weighted by Gasteiger charge is -2.44. The van der Waals surface area contributed by atoms with Crippen LogP contribution in [0.15, 0.2) is 48.5 Å². The highest BCUT2D eigenvalue weighted by Crippen LogP contribution is 2.38. The second kappa shape index (κ2) is 11.6. The number of hydrogen-bond donors (Lipinski definition) is 0. The van der Waals surface area contributed by atoms with Gasteiger partial charge in [0.1, 0.15) is 23.9 Å². The first kappa shape index (κ1) is 24.4. The van der Waals surface area contributed by atoms with Crippen molar-refractivity contribution in [1.82, 2.24) is 9.80 Å². The van der Waals surface area contributed by atoms with Crippen LogP contribution < -0.4 is 14.2 Å². The fourth-order valence-corrected chi connectivity index (χ4v) is 5.27. The average Bonchev–Trinajstić information content (AvgIpc) is 2.86. The molecule has 0 unspecified atom stereocenters. The van der Waals surface area contributed by atoms with E-state index >= 15 is 0 Å². The molecule has 2 aliphatic heterocycles. The molecule has 0 N–H and O–H groups in total. The van der Waals surface area contributed by atoms with E-state index in [0.717, 1.165) is 56.9 Å². The van der Waals surface area contributed by atoms with Gasteiger partial charge in [0.25, 0.3) is 5.91 Å². The van der Waals surface area contributed by atoms with Crippen molar-refractivity contribution in [2.24, 2.45) is 5.41 Å². The van der Waals surface area contributed by atoms with Crippen LogP contribution in [0.3, 0.4) is 0 Å². The summed E-state index contributed by atoms with van der Waals surface area (Å²) in [4.78, 5) is 17.2. The number of carbonyl (C=O) groups is 1. The molecule has 2 heterocycles. The molecule has 6 nitrogen and oxygen atoms in total. The van der Waals surface area contributed by atoms with E-state index in [0.29, 0.717) is 12.4 Å². The van der Waals surface area contributed by atoms with Gasteiger partial charge in [-0.1, -0.05) is 30.7 Å². The molecule has 2 aliphatic rings. The Kier molecular flexibility index (Phi) is 8.33. The van der Waals surface area contributed by atoms with Gasteiger partial charge in [-0.15, -0.1) is 0 Å². The second-order valence-corrected chi connectivity index (χ2v) is 9.75. The van der Waals surface area contributed by atoms with E-state index in [1.54, 1.807) is 13.2 Å². The minimum atomic E-state index is 0.0594. The van der Waals surface area contributed by atoms with Crippen molar-refractivity contribution in [3.8, 4) is 17.2 Å². The maximum absolute atomic E-state index is 12.8. The Balaban J connectivity index is 1.31. The molecular weight excluding hydrogens is 428 g/mol. The minimum absolute atomic E-state index is 0.0594. The van der Waals surface area contributed by atoms with Crippen LogP contribution >= 0.6 is 0 Å². The van der Waals surface area contributed by atoms with Crippen LogP contribution in [-0.2, 0) is 11.2 Å². The Morgan fingerprint density at radius 1 is 1.00 bits per heavy atom. The number of fused-ring (bicyclic) bond motifs is 1. The molecule has 34 heavy (non-hydrogen) atoms. The summed E-state index contributed by atoms with van der Waals surface area (Å²) in [6.45, 7) is 4.33. The van der Waals surface area contributed by atoms with Crippen molar-refractivity contribution >= 4 is 5.91 Å². The zero-order valence-corrected chi connectivity index (χ0v) is 20.6. The topological polar surface area (TPSA) is 51.2 Å². The summed E-state index contributed by atoms with van der Waals surface area (Å²) in [5.41, 5.74) is 1.58. The van der Waals surface area contributed by atoms with Gasteiger partial charge >= 0.3 is 0 Å². The number of methoxy groups -OCH3 is 1. The van der Waals surface area contributed by atoms with Crippen molar-refractivity contribution in [2.45, 2.75) is 38.5 Å². The molecule has 1 saturated heterocycles. The van der Waals surface area contributed by atoms with Gasteiger partial charge in [0, 0.05) is 32.2 Å². The summed E-state index contributed by atoms with van der Waals surface area (Å²) < 4.78 is 17.1. The molecule has 0 saturated carbocycles. The van der Waals surface area contributed by atoms with Gasteiger partial charge in [-0.3, -0.25) is 4.79 Å². The maximum atomic E-state index is 12.8. The molecular formula is C28H38N2O4. The average molecular weight is 467 g/mol. The number of rotatable bonds is 4. The summed E-state index contributed by atoms with van der Waals surface area (Å²) >= 11 is 0. The van der Waals surface area contributed by atoms with Crippen molar-refractivity contribution < 1.29 is 19.0 Å². The summed E-state index contributed by atoms with van der Waals surface area (Å²) in [5.74, 6) is 2.48. The number of amides is 1. The molecule has 184 valence electrons. The van der Waals surface area contributed by atoms with E-state index < -0.39 is 0 Å². The third-order valence-electron chi connectivity index (χ3n) is 7.29. The van der Waals surface area contributed by atoms with Crippen LogP contribution in [0.25, 0.3) is 0 Å². The van der Waals surface area contributed by atoms with E-state index in [1.807, 2.05) is 23.1 Å². The number of likely N-dealkylation sites (tertiary alicyclic amines) is 1. The second-order valence-electron chi connectivity index (χ2n) is 9.75. The first-order chi connectivity index (χ1) is 16.6.